The Bertz CT molecular complexity index is 1200. The van der Waals surface area contributed by atoms with E-state index in [1.165, 1.54) is 11.8 Å². The molecule has 5 unspecified atom stereocenters. The van der Waals surface area contributed by atoms with Crippen LogP contribution in [0, 0.1) is 0 Å². The van der Waals surface area contributed by atoms with Crippen LogP contribution in [0.4, 0.5) is 0 Å². The first-order chi connectivity index (χ1) is 18.0. The predicted octanol–water partition coefficient (Wildman–Crippen LogP) is -1.27. The number of hydrogen-bond donors (Lipinski definition) is 7. The fraction of sp³-hybridized carbons (Fsp3) is 0.480. The van der Waals surface area contributed by atoms with Crippen LogP contribution in [0.1, 0.15) is 38.2 Å². The summed E-state index contributed by atoms with van der Waals surface area (Å²) in [4.78, 5) is 66.1. The second kappa shape index (κ2) is 12.5. The summed E-state index contributed by atoms with van der Waals surface area (Å²) in [5, 5.41) is 25.8. The molecule has 2 heterocycles. The van der Waals surface area contributed by atoms with E-state index in [2.05, 4.69) is 15.6 Å². The second-order valence-electron chi connectivity index (χ2n) is 9.49. The number of rotatable bonds is 12. The molecule has 1 fully saturated rings. The number of nitrogens with zero attached hydrogens (tertiary/aromatic N) is 1. The number of nitrogens with two attached hydrogens (primary N) is 2. The highest BCUT2D eigenvalue weighted by atomic mass is 16.4. The number of aliphatic hydroxyl groups is 1. The van der Waals surface area contributed by atoms with Crippen molar-refractivity contribution in [3.05, 3.63) is 36.0 Å². The lowest BCUT2D eigenvalue weighted by Crippen LogP contribution is -2.59. The minimum Gasteiger partial charge on any atom is -0.480 e. The number of aliphatic carboxylic acids is 1. The van der Waals surface area contributed by atoms with Crippen molar-refractivity contribution < 1.29 is 34.2 Å². The van der Waals surface area contributed by atoms with Crippen molar-refractivity contribution in [3.63, 3.8) is 0 Å². The molecule has 0 spiro atoms. The van der Waals surface area contributed by atoms with Gasteiger partial charge in [-0.05, 0) is 37.8 Å². The first-order valence-corrected chi connectivity index (χ1v) is 12.4. The van der Waals surface area contributed by atoms with Gasteiger partial charge in [-0.1, -0.05) is 18.2 Å². The van der Waals surface area contributed by atoms with Gasteiger partial charge in [0.05, 0.1) is 12.1 Å². The lowest BCUT2D eigenvalue weighted by atomic mass is 10.0. The lowest BCUT2D eigenvalue weighted by molar-refractivity contribution is -0.146. The number of hydrogen-bond acceptors (Lipinski definition) is 7. The molecule has 13 nitrogen and oxygen atoms in total. The van der Waals surface area contributed by atoms with Crippen molar-refractivity contribution in [2.45, 2.75) is 69.3 Å². The molecular weight excluding hydrogens is 496 g/mol. The average molecular weight is 531 g/mol. The van der Waals surface area contributed by atoms with Crippen LogP contribution in [0.5, 0.6) is 0 Å². The minimum atomic E-state index is -1.39. The molecule has 206 valence electrons. The summed E-state index contributed by atoms with van der Waals surface area (Å²) < 4.78 is 0. The van der Waals surface area contributed by atoms with E-state index in [4.69, 9.17) is 11.5 Å². The van der Waals surface area contributed by atoms with Crippen LogP contribution in [-0.2, 0) is 30.4 Å². The minimum absolute atomic E-state index is 0.0291. The van der Waals surface area contributed by atoms with E-state index in [1.807, 2.05) is 24.3 Å². The standard InChI is InChI=1S/C25H34N6O7/c1-13(32)21(30-22(34)16(26)8-9-20(27)33)24(36)31-10-4-7-19(31)23(35)29-18(25(37)38)11-14-12-28-17-6-3-2-5-15(14)17/h2-3,5-6,12-13,16,18-19,21,28,32H,4,7-11,26H2,1H3,(H2,27,33)(H,29,35)(H,30,34)(H,37,38). The van der Waals surface area contributed by atoms with Crippen LogP contribution in [0.3, 0.4) is 0 Å². The summed E-state index contributed by atoms with van der Waals surface area (Å²) in [6.07, 6.45) is 1.01. The number of carboxylic acid groups (broad SMARTS) is 1. The monoisotopic (exact) mass is 530 g/mol. The lowest BCUT2D eigenvalue weighted by Gasteiger charge is -2.31. The molecule has 4 amide bonds. The quantitative estimate of drug-likeness (QED) is 0.175. The number of primary amides is 1. The Hall–Kier alpha value is -3.97. The Morgan fingerprint density at radius 2 is 1.89 bits per heavy atom. The zero-order chi connectivity index (χ0) is 28.0. The number of benzene rings is 1. The highest BCUT2D eigenvalue weighted by Crippen LogP contribution is 2.22. The third-order valence-corrected chi connectivity index (χ3v) is 6.64. The molecule has 0 saturated carbocycles. The summed E-state index contributed by atoms with van der Waals surface area (Å²) in [6.45, 7) is 1.49. The molecule has 5 atom stereocenters. The van der Waals surface area contributed by atoms with E-state index in [9.17, 15) is 34.2 Å². The Balaban J connectivity index is 1.69. The Morgan fingerprint density at radius 1 is 1.18 bits per heavy atom. The number of amides is 4. The summed E-state index contributed by atoms with van der Waals surface area (Å²) >= 11 is 0. The van der Waals surface area contributed by atoms with Gasteiger partial charge in [-0.3, -0.25) is 19.2 Å². The third kappa shape index (κ3) is 6.86. The number of aromatic amines is 1. The fourth-order valence-electron chi connectivity index (χ4n) is 4.55. The zero-order valence-corrected chi connectivity index (χ0v) is 21.1. The van der Waals surface area contributed by atoms with Crippen LogP contribution in [0.2, 0.25) is 0 Å². The van der Waals surface area contributed by atoms with Gasteiger partial charge in [-0.15, -0.1) is 0 Å². The van der Waals surface area contributed by atoms with Crippen molar-refractivity contribution in [1.82, 2.24) is 20.5 Å². The van der Waals surface area contributed by atoms with Gasteiger partial charge in [0.2, 0.25) is 23.6 Å². The van der Waals surface area contributed by atoms with Gasteiger partial charge in [0.1, 0.15) is 18.1 Å². The number of carbonyl (C=O) groups excluding carboxylic acids is 4. The van der Waals surface area contributed by atoms with Crippen molar-refractivity contribution in [2.75, 3.05) is 6.54 Å². The van der Waals surface area contributed by atoms with Crippen LogP contribution in [-0.4, -0.2) is 86.5 Å². The molecule has 3 rings (SSSR count). The van der Waals surface area contributed by atoms with Gasteiger partial charge in [-0.25, -0.2) is 4.79 Å². The Kier molecular flexibility index (Phi) is 9.42. The Labute approximate surface area is 218 Å². The molecule has 0 radical (unpaired) electrons. The number of nitrogens with one attached hydrogen (secondary N) is 3. The molecule has 2 aromatic rings. The van der Waals surface area contributed by atoms with Crippen molar-refractivity contribution in [3.8, 4) is 0 Å². The first kappa shape index (κ1) is 28.6. The summed E-state index contributed by atoms with van der Waals surface area (Å²) in [5.74, 6) is -3.95. The molecule has 1 aliphatic rings. The van der Waals surface area contributed by atoms with Crippen molar-refractivity contribution >= 4 is 40.5 Å². The highest BCUT2D eigenvalue weighted by molar-refractivity contribution is 5.95. The average Bonchev–Trinajstić information content (AvgIpc) is 3.52. The van der Waals surface area contributed by atoms with E-state index >= 15 is 0 Å². The van der Waals surface area contributed by atoms with Crippen molar-refractivity contribution in [1.29, 1.82) is 0 Å². The molecule has 0 bridgehead atoms. The molecule has 13 heteroatoms. The van der Waals surface area contributed by atoms with Gasteiger partial charge >= 0.3 is 5.97 Å². The second-order valence-corrected chi connectivity index (χ2v) is 9.49. The molecule has 0 aliphatic carbocycles. The number of fused-ring (bicyclic) bond motifs is 1. The predicted molar refractivity (Wildman–Crippen MR) is 136 cm³/mol. The zero-order valence-electron chi connectivity index (χ0n) is 21.1. The molecular formula is C25H34N6O7. The number of likely N-dealkylation sites (tertiary alicyclic amines) is 1. The maximum absolute atomic E-state index is 13.3. The highest BCUT2D eigenvalue weighted by Gasteiger charge is 2.40. The van der Waals surface area contributed by atoms with E-state index in [-0.39, 0.29) is 32.2 Å². The molecule has 9 N–H and O–H groups in total. The van der Waals surface area contributed by atoms with Crippen LogP contribution < -0.4 is 22.1 Å². The molecule has 1 aliphatic heterocycles. The number of carbonyl (C=O) groups is 5. The number of H-pyrrole nitrogens is 1. The summed E-state index contributed by atoms with van der Waals surface area (Å²) in [7, 11) is 0. The van der Waals surface area contributed by atoms with E-state index < -0.39 is 59.9 Å². The van der Waals surface area contributed by atoms with E-state index in [0.717, 1.165) is 16.5 Å². The molecule has 1 aromatic heterocycles. The van der Waals surface area contributed by atoms with Crippen LogP contribution in [0.25, 0.3) is 10.9 Å². The van der Waals surface area contributed by atoms with Gasteiger partial charge in [0.25, 0.3) is 0 Å². The van der Waals surface area contributed by atoms with Gasteiger partial charge < -0.3 is 42.2 Å². The maximum Gasteiger partial charge on any atom is 0.326 e. The van der Waals surface area contributed by atoms with Gasteiger partial charge in [-0.2, -0.15) is 0 Å². The SMILES string of the molecule is CC(O)C(NC(=O)C(N)CCC(N)=O)C(=O)N1CCCC1C(=O)NC(Cc1c[nH]c2ccccc12)C(=O)O. The molecule has 38 heavy (non-hydrogen) atoms. The normalized spacial score (nSPS) is 18.4. The van der Waals surface area contributed by atoms with Crippen LogP contribution >= 0.6 is 0 Å². The smallest absolute Gasteiger partial charge is 0.326 e. The Morgan fingerprint density at radius 3 is 2.55 bits per heavy atom. The van der Waals surface area contributed by atoms with Crippen molar-refractivity contribution in [2.24, 2.45) is 11.5 Å². The van der Waals surface area contributed by atoms with E-state index in [0.29, 0.717) is 6.42 Å². The van der Waals surface area contributed by atoms with Crippen LogP contribution in [0.15, 0.2) is 30.5 Å². The number of aliphatic hydroxyl groups excluding tert-OH is 1. The molecule has 1 aromatic carbocycles. The fourth-order valence-corrected chi connectivity index (χ4v) is 4.55. The summed E-state index contributed by atoms with van der Waals surface area (Å²) in [5.41, 5.74) is 12.4. The number of carboxylic acids is 1. The van der Waals surface area contributed by atoms with E-state index in [1.54, 1.807) is 6.20 Å². The van der Waals surface area contributed by atoms with Gasteiger partial charge in [0, 0.05) is 36.5 Å². The number of para-hydroxylation sites is 1. The largest absolute Gasteiger partial charge is 0.480 e. The summed E-state index contributed by atoms with van der Waals surface area (Å²) in [6, 6.07) is 2.65. The first-order valence-electron chi connectivity index (χ1n) is 12.4. The molecule has 1 saturated heterocycles. The number of aromatic nitrogens is 1. The van der Waals surface area contributed by atoms with Gasteiger partial charge in [0.15, 0.2) is 0 Å². The topological polar surface area (TPSA) is 221 Å². The maximum atomic E-state index is 13.3. The third-order valence-electron chi connectivity index (χ3n) is 6.64.